The van der Waals surface area contributed by atoms with Crippen LogP contribution in [0.3, 0.4) is 0 Å². The minimum atomic E-state index is -0.288. The monoisotopic (exact) mass is 247 g/mol. The van der Waals surface area contributed by atoms with E-state index in [1.54, 1.807) is 0 Å². The van der Waals surface area contributed by atoms with Gasteiger partial charge in [-0.1, -0.05) is 64.7 Å². The lowest BCUT2D eigenvalue weighted by Crippen LogP contribution is -2.30. The second kappa shape index (κ2) is 7.20. The summed E-state index contributed by atoms with van der Waals surface area (Å²) in [6.45, 7) is 6.25. The van der Waals surface area contributed by atoms with E-state index in [9.17, 15) is 4.79 Å². The molecule has 2 nitrogen and oxygen atoms in total. The van der Waals surface area contributed by atoms with Crippen molar-refractivity contribution < 1.29 is 4.79 Å². The number of carbonyl (C=O) groups excluding carboxylic acids is 1. The summed E-state index contributed by atoms with van der Waals surface area (Å²) in [5.74, 6) is 0.116. The average Bonchev–Trinajstić information content (AvgIpc) is 2.36. The highest BCUT2D eigenvalue weighted by Gasteiger charge is 2.26. The normalized spacial score (nSPS) is 11.3. The molecule has 1 aromatic carbocycles. The van der Waals surface area contributed by atoms with E-state index in [0.717, 1.165) is 18.5 Å². The van der Waals surface area contributed by atoms with Crippen LogP contribution >= 0.6 is 0 Å². The summed E-state index contributed by atoms with van der Waals surface area (Å²) in [6.07, 6.45) is 5.79. The van der Waals surface area contributed by atoms with E-state index in [1.165, 1.54) is 19.3 Å². The summed E-state index contributed by atoms with van der Waals surface area (Å²) in [5.41, 5.74) is 0.591. The van der Waals surface area contributed by atoms with Crippen LogP contribution in [-0.4, -0.2) is 5.91 Å². The zero-order chi connectivity index (χ0) is 13.4. The van der Waals surface area contributed by atoms with Gasteiger partial charge in [-0.05, 0) is 18.6 Å². The van der Waals surface area contributed by atoms with Crippen LogP contribution in [0.2, 0.25) is 0 Å². The fourth-order valence-corrected chi connectivity index (χ4v) is 1.93. The zero-order valence-electron chi connectivity index (χ0n) is 11.8. The van der Waals surface area contributed by atoms with E-state index in [1.807, 2.05) is 44.2 Å². The van der Waals surface area contributed by atoms with Crippen molar-refractivity contribution in [3.05, 3.63) is 30.3 Å². The zero-order valence-corrected chi connectivity index (χ0v) is 11.8. The molecule has 1 rings (SSSR count). The Labute approximate surface area is 111 Å². The van der Waals surface area contributed by atoms with Crippen molar-refractivity contribution in [3.63, 3.8) is 0 Å². The van der Waals surface area contributed by atoms with Gasteiger partial charge in [-0.2, -0.15) is 0 Å². The first kappa shape index (κ1) is 14.7. The third-order valence-electron chi connectivity index (χ3n) is 3.30. The average molecular weight is 247 g/mol. The Bertz CT molecular complexity index is 357. The quantitative estimate of drug-likeness (QED) is 0.700. The van der Waals surface area contributed by atoms with Gasteiger partial charge in [0.25, 0.3) is 0 Å². The number of amides is 1. The Hall–Kier alpha value is -1.31. The number of anilines is 1. The maximum absolute atomic E-state index is 12.2. The third kappa shape index (κ3) is 4.91. The van der Waals surface area contributed by atoms with Gasteiger partial charge in [0.05, 0.1) is 0 Å². The fourth-order valence-electron chi connectivity index (χ4n) is 1.93. The number of nitrogens with one attached hydrogen (secondary N) is 1. The van der Waals surface area contributed by atoms with Gasteiger partial charge in [0.15, 0.2) is 0 Å². The topological polar surface area (TPSA) is 29.1 Å². The highest BCUT2D eigenvalue weighted by molar-refractivity contribution is 5.94. The van der Waals surface area contributed by atoms with Gasteiger partial charge in [0.2, 0.25) is 5.91 Å². The first-order valence-electron chi connectivity index (χ1n) is 6.93. The second-order valence-corrected chi connectivity index (χ2v) is 5.51. The number of rotatable bonds is 7. The molecule has 1 aromatic rings. The summed E-state index contributed by atoms with van der Waals surface area (Å²) in [6, 6.07) is 9.66. The van der Waals surface area contributed by atoms with E-state index < -0.39 is 0 Å². The Morgan fingerprint density at radius 3 is 2.39 bits per heavy atom. The number of para-hydroxylation sites is 1. The molecule has 100 valence electrons. The molecule has 0 heterocycles. The van der Waals surface area contributed by atoms with Crippen molar-refractivity contribution in [2.45, 2.75) is 52.9 Å². The molecule has 18 heavy (non-hydrogen) atoms. The summed E-state index contributed by atoms with van der Waals surface area (Å²) < 4.78 is 0. The number of carbonyl (C=O) groups is 1. The molecule has 0 aliphatic rings. The number of unbranched alkanes of at least 4 members (excludes halogenated alkanes) is 3. The molecule has 0 atom stereocenters. The Kier molecular flexibility index (Phi) is 5.90. The minimum Gasteiger partial charge on any atom is -0.326 e. The highest BCUT2D eigenvalue weighted by atomic mass is 16.2. The molecule has 0 unspecified atom stereocenters. The molecule has 0 fully saturated rings. The van der Waals surface area contributed by atoms with E-state index in [2.05, 4.69) is 12.2 Å². The van der Waals surface area contributed by atoms with Crippen molar-refractivity contribution in [1.82, 2.24) is 0 Å². The van der Waals surface area contributed by atoms with Gasteiger partial charge >= 0.3 is 0 Å². The van der Waals surface area contributed by atoms with E-state index >= 15 is 0 Å². The molecule has 2 heteroatoms. The number of benzene rings is 1. The number of hydrogen-bond donors (Lipinski definition) is 1. The van der Waals surface area contributed by atoms with Crippen LogP contribution in [0.25, 0.3) is 0 Å². The predicted octanol–water partition coefficient (Wildman–Crippen LogP) is 4.62. The summed E-state index contributed by atoms with van der Waals surface area (Å²) in [7, 11) is 0. The van der Waals surface area contributed by atoms with Crippen molar-refractivity contribution in [3.8, 4) is 0 Å². The molecule has 0 aliphatic heterocycles. The van der Waals surface area contributed by atoms with Crippen LogP contribution in [0, 0.1) is 5.41 Å². The van der Waals surface area contributed by atoms with Crippen molar-refractivity contribution in [2.24, 2.45) is 5.41 Å². The molecule has 0 aromatic heterocycles. The molecular formula is C16H25NO. The lowest BCUT2D eigenvalue weighted by Gasteiger charge is -2.23. The largest absolute Gasteiger partial charge is 0.326 e. The maximum Gasteiger partial charge on any atom is 0.230 e. The SMILES string of the molecule is CCCCCCC(C)(C)C(=O)Nc1ccccc1. The van der Waals surface area contributed by atoms with Crippen molar-refractivity contribution in [2.75, 3.05) is 5.32 Å². The van der Waals surface area contributed by atoms with Crippen LogP contribution in [0.5, 0.6) is 0 Å². The predicted molar refractivity (Wildman–Crippen MR) is 77.6 cm³/mol. The molecule has 0 bridgehead atoms. The molecule has 1 N–H and O–H groups in total. The van der Waals surface area contributed by atoms with E-state index in [-0.39, 0.29) is 11.3 Å². The van der Waals surface area contributed by atoms with E-state index in [4.69, 9.17) is 0 Å². The maximum atomic E-state index is 12.2. The Morgan fingerprint density at radius 1 is 1.11 bits per heavy atom. The number of hydrogen-bond acceptors (Lipinski definition) is 1. The highest BCUT2D eigenvalue weighted by Crippen LogP contribution is 2.25. The van der Waals surface area contributed by atoms with Gasteiger partial charge in [-0.25, -0.2) is 0 Å². The van der Waals surface area contributed by atoms with Gasteiger partial charge in [0.1, 0.15) is 0 Å². The van der Waals surface area contributed by atoms with E-state index in [0.29, 0.717) is 0 Å². The Balaban J connectivity index is 2.44. The molecule has 0 saturated heterocycles. The second-order valence-electron chi connectivity index (χ2n) is 5.51. The molecule has 0 saturated carbocycles. The van der Waals surface area contributed by atoms with Crippen LogP contribution in [-0.2, 0) is 4.79 Å². The van der Waals surface area contributed by atoms with Crippen LogP contribution in [0.4, 0.5) is 5.69 Å². The summed E-state index contributed by atoms with van der Waals surface area (Å²) >= 11 is 0. The lowest BCUT2D eigenvalue weighted by atomic mass is 9.85. The van der Waals surface area contributed by atoms with Crippen molar-refractivity contribution >= 4 is 11.6 Å². The Morgan fingerprint density at radius 2 is 1.78 bits per heavy atom. The lowest BCUT2D eigenvalue weighted by molar-refractivity contribution is -0.124. The van der Waals surface area contributed by atoms with Gasteiger partial charge in [-0.15, -0.1) is 0 Å². The molecule has 1 amide bonds. The first-order valence-corrected chi connectivity index (χ1v) is 6.93. The fraction of sp³-hybridized carbons (Fsp3) is 0.562. The van der Waals surface area contributed by atoms with Crippen molar-refractivity contribution in [1.29, 1.82) is 0 Å². The summed E-state index contributed by atoms with van der Waals surface area (Å²) in [5, 5.41) is 2.98. The van der Waals surface area contributed by atoms with Crippen LogP contribution in [0.1, 0.15) is 52.9 Å². The van der Waals surface area contributed by atoms with Crippen LogP contribution in [0.15, 0.2) is 30.3 Å². The van der Waals surface area contributed by atoms with Gasteiger partial charge in [-0.3, -0.25) is 4.79 Å². The van der Waals surface area contributed by atoms with Crippen LogP contribution < -0.4 is 5.32 Å². The van der Waals surface area contributed by atoms with Gasteiger partial charge < -0.3 is 5.32 Å². The summed E-state index contributed by atoms with van der Waals surface area (Å²) in [4.78, 5) is 12.2. The smallest absolute Gasteiger partial charge is 0.230 e. The standard InChI is InChI=1S/C16H25NO/c1-4-5-6-10-13-16(2,3)15(18)17-14-11-8-7-9-12-14/h7-9,11-12H,4-6,10,13H2,1-3H3,(H,17,18). The first-order chi connectivity index (χ1) is 8.56. The van der Waals surface area contributed by atoms with Gasteiger partial charge in [0, 0.05) is 11.1 Å². The molecular weight excluding hydrogens is 222 g/mol. The third-order valence-corrected chi connectivity index (χ3v) is 3.30. The molecule has 0 radical (unpaired) electrons. The molecule has 0 aliphatic carbocycles. The minimum absolute atomic E-state index is 0.116. The molecule has 0 spiro atoms.